The fourth-order valence-corrected chi connectivity index (χ4v) is 3.33. The standard InChI is InChI=1S/C15H21O4P/c1-17-10-6-7-11(18-2)13(19-3)12(10)14(16)15(20)8-4-5-9-15/h6-7H,4-5,8-9,20H2,1-3H3. The Labute approximate surface area is 122 Å². The van der Waals surface area contributed by atoms with Crippen LogP contribution in [-0.4, -0.2) is 32.3 Å². The molecule has 5 heteroatoms. The highest BCUT2D eigenvalue weighted by Crippen LogP contribution is 2.46. The zero-order valence-electron chi connectivity index (χ0n) is 12.2. The molecule has 110 valence electrons. The molecule has 1 aromatic carbocycles. The number of ketones is 1. The smallest absolute Gasteiger partial charge is 0.180 e. The summed E-state index contributed by atoms with van der Waals surface area (Å²) in [6.45, 7) is 0. The van der Waals surface area contributed by atoms with Crippen molar-refractivity contribution in [2.24, 2.45) is 0 Å². The molecule has 0 amide bonds. The van der Waals surface area contributed by atoms with Crippen LogP contribution in [0.2, 0.25) is 0 Å². The van der Waals surface area contributed by atoms with Crippen LogP contribution >= 0.6 is 9.24 Å². The number of Topliss-reactive ketones (excluding diaryl/α,β-unsaturated/α-hetero) is 1. The van der Waals surface area contributed by atoms with Gasteiger partial charge in [0.25, 0.3) is 0 Å². The SMILES string of the molecule is COc1ccc(OC)c(C(=O)C2(P)CCCC2)c1OC. The number of carbonyl (C=O) groups excluding carboxylic acids is 1. The van der Waals surface area contributed by atoms with Crippen LogP contribution in [0.15, 0.2) is 12.1 Å². The van der Waals surface area contributed by atoms with Crippen LogP contribution in [0.3, 0.4) is 0 Å². The van der Waals surface area contributed by atoms with Gasteiger partial charge in [0.2, 0.25) is 0 Å². The molecule has 0 spiro atoms. The zero-order valence-corrected chi connectivity index (χ0v) is 13.3. The third-order valence-corrected chi connectivity index (χ3v) is 4.74. The molecular weight excluding hydrogens is 275 g/mol. The maximum atomic E-state index is 13.0. The molecule has 0 heterocycles. The molecule has 1 aliphatic carbocycles. The van der Waals surface area contributed by atoms with Gasteiger partial charge >= 0.3 is 0 Å². The Hall–Kier alpha value is -1.28. The van der Waals surface area contributed by atoms with Crippen molar-refractivity contribution in [3.63, 3.8) is 0 Å². The van der Waals surface area contributed by atoms with Gasteiger partial charge in [-0.15, -0.1) is 9.24 Å². The fourth-order valence-electron chi connectivity index (χ4n) is 2.78. The van der Waals surface area contributed by atoms with Gasteiger partial charge in [-0.3, -0.25) is 4.79 Å². The van der Waals surface area contributed by atoms with Gasteiger partial charge in [-0.2, -0.15) is 0 Å². The molecule has 0 aliphatic heterocycles. The lowest BCUT2D eigenvalue weighted by Crippen LogP contribution is -2.29. The molecule has 0 N–H and O–H groups in total. The molecule has 0 aromatic heterocycles. The second-order valence-electron chi connectivity index (χ2n) is 5.07. The van der Waals surface area contributed by atoms with Gasteiger partial charge in [0.05, 0.1) is 21.3 Å². The quantitative estimate of drug-likeness (QED) is 0.619. The Balaban J connectivity index is 2.55. The van der Waals surface area contributed by atoms with Crippen LogP contribution in [0.5, 0.6) is 17.2 Å². The summed E-state index contributed by atoms with van der Waals surface area (Å²) in [7, 11) is 7.39. The Kier molecular flexibility index (Phi) is 4.54. The molecule has 4 nitrogen and oxygen atoms in total. The minimum Gasteiger partial charge on any atom is -0.496 e. The van der Waals surface area contributed by atoms with E-state index >= 15 is 0 Å². The molecule has 1 saturated carbocycles. The minimum atomic E-state index is -0.410. The first kappa shape index (κ1) is 15.1. The van der Waals surface area contributed by atoms with Crippen molar-refractivity contribution in [1.82, 2.24) is 0 Å². The van der Waals surface area contributed by atoms with Gasteiger partial charge in [-0.1, -0.05) is 12.8 Å². The van der Waals surface area contributed by atoms with E-state index in [0.29, 0.717) is 22.8 Å². The van der Waals surface area contributed by atoms with Crippen LogP contribution in [0.1, 0.15) is 36.0 Å². The Morgan fingerprint density at radius 1 is 1.05 bits per heavy atom. The molecule has 0 bridgehead atoms. The number of benzene rings is 1. The molecule has 1 aliphatic rings. The highest BCUT2D eigenvalue weighted by Gasteiger charge is 2.40. The van der Waals surface area contributed by atoms with Crippen molar-refractivity contribution in [1.29, 1.82) is 0 Å². The van der Waals surface area contributed by atoms with Gasteiger partial charge < -0.3 is 14.2 Å². The monoisotopic (exact) mass is 296 g/mol. The topological polar surface area (TPSA) is 44.8 Å². The molecule has 1 atom stereocenters. The highest BCUT2D eigenvalue weighted by atomic mass is 31.0. The second kappa shape index (κ2) is 6.01. The first-order valence-electron chi connectivity index (χ1n) is 6.70. The van der Waals surface area contributed by atoms with Crippen molar-refractivity contribution in [2.75, 3.05) is 21.3 Å². The summed E-state index contributed by atoms with van der Waals surface area (Å²) in [4.78, 5) is 13.0. The van der Waals surface area contributed by atoms with Crippen LogP contribution in [0, 0.1) is 0 Å². The molecule has 20 heavy (non-hydrogen) atoms. The van der Waals surface area contributed by atoms with Gasteiger partial charge in [0, 0.05) is 5.16 Å². The summed E-state index contributed by atoms with van der Waals surface area (Å²) in [5, 5.41) is -0.410. The van der Waals surface area contributed by atoms with E-state index in [1.807, 2.05) is 0 Å². The third-order valence-electron chi connectivity index (χ3n) is 3.90. The van der Waals surface area contributed by atoms with Crippen LogP contribution in [-0.2, 0) is 0 Å². The largest absolute Gasteiger partial charge is 0.496 e. The number of hydrogen-bond acceptors (Lipinski definition) is 4. The number of carbonyl (C=O) groups is 1. The van der Waals surface area contributed by atoms with Crippen molar-refractivity contribution < 1.29 is 19.0 Å². The zero-order chi connectivity index (χ0) is 14.8. The highest BCUT2D eigenvalue weighted by molar-refractivity contribution is 7.21. The Bertz CT molecular complexity index is 507. The van der Waals surface area contributed by atoms with Gasteiger partial charge in [0.15, 0.2) is 17.3 Å². The van der Waals surface area contributed by atoms with E-state index in [9.17, 15) is 4.79 Å². The summed E-state index contributed by atoms with van der Waals surface area (Å²) < 4.78 is 16.0. The van der Waals surface area contributed by atoms with Crippen LogP contribution in [0.4, 0.5) is 0 Å². The minimum absolute atomic E-state index is 0.0487. The van der Waals surface area contributed by atoms with Gasteiger partial charge in [0.1, 0.15) is 11.3 Å². The summed E-state index contributed by atoms with van der Waals surface area (Å²) >= 11 is 0. The lowest BCUT2D eigenvalue weighted by atomic mass is 9.93. The molecule has 1 fully saturated rings. The lowest BCUT2D eigenvalue weighted by molar-refractivity contribution is 0.0937. The molecule has 1 unspecified atom stereocenters. The second-order valence-corrected chi connectivity index (χ2v) is 6.18. The predicted octanol–water partition coefficient (Wildman–Crippen LogP) is 3.08. The number of ether oxygens (including phenoxy) is 3. The number of methoxy groups -OCH3 is 3. The van der Waals surface area contributed by atoms with Crippen LogP contribution < -0.4 is 14.2 Å². The predicted molar refractivity (Wildman–Crippen MR) is 81.3 cm³/mol. The Morgan fingerprint density at radius 2 is 1.60 bits per heavy atom. The number of hydrogen-bond donors (Lipinski definition) is 0. The van der Waals surface area contributed by atoms with E-state index in [4.69, 9.17) is 14.2 Å². The normalized spacial score (nSPS) is 16.8. The molecular formula is C15H21O4P. The molecule has 2 rings (SSSR count). The van der Waals surface area contributed by atoms with E-state index in [0.717, 1.165) is 25.7 Å². The average Bonchev–Trinajstić information content (AvgIpc) is 2.92. The first-order chi connectivity index (χ1) is 9.57. The third kappa shape index (κ3) is 2.49. The maximum Gasteiger partial charge on any atom is 0.180 e. The fraction of sp³-hybridized carbons (Fsp3) is 0.533. The first-order valence-corrected chi connectivity index (χ1v) is 7.28. The maximum absolute atomic E-state index is 13.0. The summed E-state index contributed by atoms with van der Waals surface area (Å²) in [6.07, 6.45) is 3.90. The average molecular weight is 296 g/mol. The molecule has 0 radical (unpaired) electrons. The summed E-state index contributed by atoms with van der Waals surface area (Å²) in [5.41, 5.74) is 0.478. The summed E-state index contributed by atoms with van der Waals surface area (Å²) in [5.74, 6) is 1.57. The van der Waals surface area contributed by atoms with Crippen molar-refractivity contribution in [3.8, 4) is 17.2 Å². The molecule has 1 aromatic rings. The van der Waals surface area contributed by atoms with Gasteiger partial charge in [-0.05, 0) is 25.0 Å². The van der Waals surface area contributed by atoms with Crippen molar-refractivity contribution in [2.45, 2.75) is 30.8 Å². The van der Waals surface area contributed by atoms with Crippen molar-refractivity contribution in [3.05, 3.63) is 17.7 Å². The van der Waals surface area contributed by atoms with E-state index in [1.165, 1.54) is 7.11 Å². The Morgan fingerprint density at radius 3 is 2.10 bits per heavy atom. The van der Waals surface area contributed by atoms with E-state index in [1.54, 1.807) is 26.4 Å². The van der Waals surface area contributed by atoms with Gasteiger partial charge in [-0.25, -0.2) is 0 Å². The lowest BCUT2D eigenvalue weighted by Gasteiger charge is -2.24. The van der Waals surface area contributed by atoms with E-state index < -0.39 is 5.16 Å². The molecule has 0 saturated heterocycles. The van der Waals surface area contributed by atoms with E-state index in [-0.39, 0.29) is 5.78 Å². The summed E-state index contributed by atoms with van der Waals surface area (Å²) in [6, 6.07) is 3.50. The van der Waals surface area contributed by atoms with E-state index in [2.05, 4.69) is 9.24 Å². The number of rotatable bonds is 5. The van der Waals surface area contributed by atoms with Crippen molar-refractivity contribution >= 4 is 15.0 Å². The van der Waals surface area contributed by atoms with Crippen LogP contribution in [0.25, 0.3) is 0 Å².